The Labute approximate surface area is 334 Å². The van der Waals surface area contributed by atoms with Crippen molar-refractivity contribution in [3.05, 3.63) is 174 Å². The molecule has 4 heterocycles. The first-order valence-electron chi connectivity index (χ1n) is 21.5. The topological polar surface area (TPSA) is 51.8 Å². The summed E-state index contributed by atoms with van der Waals surface area (Å²) in [5, 5.41) is 1.59. The molecule has 8 aromatic rings. The number of aryl methyl sites for hydroxylation is 2. The van der Waals surface area contributed by atoms with Gasteiger partial charge in [0.15, 0.2) is 0 Å². The predicted molar refractivity (Wildman–Crippen MR) is 209 cm³/mol. The van der Waals surface area contributed by atoms with Gasteiger partial charge in [0, 0.05) is 63.7 Å². The van der Waals surface area contributed by atoms with Gasteiger partial charge in [-0.25, -0.2) is 4.98 Å². The number of hydrogen-bond acceptors (Lipinski definition) is 4. The van der Waals surface area contributed by atoms with E-state index in [0.717, 1.165) is 16.3 Å². The Bertz CT molecular complexity index is 2820. The monoisotopic (exact) mass is 866 g/mol. The van der Waals surface area contributed by atoms with E-state index in [1.54, 1.807) is 66.9 Å². The molecule has 4 nitrogen and oxygen atoms in total. The molecule has 261 valence electrons. The normalized spacial score (nSPS) is 15.1. The van der Waals surface area contributed by atoms with Crippen LogP contribution in [0.25, 0.3) is 55.7 Å². The van der Waals surface area contributed by atoms with Crippen LogP contribution in [-0.2, 0) is 32.9 Å². The second kappa shape index (κ2) is 16.0. The zero-order valence-corrected chi connectivity index (χ0v) is 31.2. The van der Waals surface area contributed by atoms with Crippen molar-refractivity contribution in [2.75, 3.05) is 0 Å². The average molecular weight is 866 g/mol. The summed E-state index contributed by atoms with van der Waals surface area (Å²) in [7, 11) is 0. The van der Waals surface area contributed by atoms with Crippen LogP contribution in [-0.4, -0.2) is 15.0 Å². The number of furan rings is 1. The van der Waals surface area contributed by atoms with Gasteiger partial charge in [0.2, 0.25) is 5.71 Å². The van der Waals surface area contributed by atoms with E-state index in [2.05, 4.69) is 27.1 Å². The second-order valence-electron chi connectivity index (χ2n) is 13.0. The standard InChI is InChI=1S/C28H25N2O.C19H16N.Ir/c1-28(2,3)18-20-14-15-29-25(17-20)24-11-7-10-22-23-13-12-21(30-27(23)31-26(22)24)16-19-8-5-4-6-9-19;1-14-8-10-17(11-9-14)19-12-18(15(2)13-20-19)16-6-4-3-5-7-16;/h4-10,12-15,17H,16,18H2,1-3H3;3-10,12-13H,1-2H3;/q2*-1;/i16D2,18D2;1D3,2D3;. The van der Waals surface area contributed by atoms with Gasteiger partial charge >= 0.3 is 0 Å². The second-order valence-corrected chi connectivity index (χ2v) is 13.0. The van der Waals surface area contributed by atoms with Crippen molar-refractivity contribution in [3.8, 4) is 33.6 Å². The van der Waals surface area contributed by atoms with E-state index in [1.165, 1.54) is 18.3 Å². The quantitative estimate of drug-likeness (QED) is 0.156. The molecule has 0 aliphatic heterocycles. The van der Waals surface area contributed by atoms with Gasteiger partial charge in [-0.2, -0.15) is 0 Å². The van der Waals surface area contributed by atoms with Crippen LogP contribution in [0.15, 0.2) is 138 Å². The van der Waals surface area contributed by atoms with E-state index in [0.29, 0.717) is 50.5 Å². The van der Waals surface area contributed by atoms with Crippen LogP contribution >= 0.6 is 0 Å². The Kier molecular flexibility index (Phi) is 7.90. The third-order valence-electron chi connectivity index (χ3n) is 7.96. The van der Waals surface area contributed by atoms with Crippen molar-refractivity contribution in [3.63, 3.8) is 0 Å². The van der Waals surface area contributed by atoms with Crippen LogP contribution in [0.3, 0.4) is 0 Å². The summed E-state index contributed by atoms with van der Waals surface area (Å²) < 4.78 is 86.3. The van der Waals surface area contributed by atoms with Crippen LogP contribution in [0.4, 0.5) is 0 Å². The molecule has 0 saturated heterocycles. The van der Waals surface area contributed by atoms with Crippen molar-refractivity contribution in [2.45, 2.75) is 47.2 Å². The Morgan fingerprint density at radius 3 is 2.31 bits per heavy atom. The number of rotatable bonds is 6. The van der Waals surface area contributed by atoms with E-state index in [4.69, 9.17) is 18.1 Å². The molecule has 4 aromatic heterocycles. The fraction of sp³-hybridized carbons (Fsp3) is 0.170. The Balaban J connectivity index is 0.000000213. The van der Waals surface area contributed by atoms with E-state index in [9.17, 15) is 0 Å². The number of hydrogen-bond donors (Lipinski definition) is 0. The van der Waals surface area contributed by atoms with Crippen LogP contribution < -0.4 is 0 Å². The van der Waals surface area contributed by atoms with Crippen molar-refractivity contribution >= 4 is 22.1 Å². The summed E-state index contributed by atoms with van der Waals surface area (Å²) in [6, 6.07) is 41.2. The number of aromatic nitrogens is 3. The molecule has 0 unspecified atom stereocenters. The molecule has 4 aromatic carbocycles. The van der Waals surface area contributed by atoms with Crippen molar-refractivity contribution in [2.24, 2.45) is 5.41 Å². The zero-order valence-electron chi connectivity index (χ0n) is 38.8. The third kappa shape index (κ3) is 8.62. The van der Waals surface area contributed by atoms with Crippen molar-refractivity contribution in [1.29, 1.82) is 0 Å². The van der Waals surface area contributed by atoms with E-state index in [-0.39, 0.29) is 36.9 Å². The number of fused-ring (bicyclic) bond motifs is 3. The fourth-order valence-electron chi connectivity index (χ4n) is 5.67. The van der Waals surface area contributed by atoms with Crippen LogP contribution in [0.2, 0.25) is 0 Å². The molecular formula is C47H41IrN3O-2. The summed E-state index contributed by atoms with van der Waals surface area (Å²) >= 11 is 0. The predicted octanol–water partition coefficient (Wildman–Crippen LogP) is 11.9. The van der Waals surface area contributed by atoms with Gasteiger partial charge in [0.25, 0.3) is 0 Å². The first kappa shape index (κ1) is 25.7. The Hall–Kier alpha value is -5.22. The molecule has 0 N–H and O–H groups in total. The van der Waals surface area contributed by atoms with E-state index >= 15 is 0 Å². The molecule has 5 heteroatoms. The molecule has 0 aliphatic carbocycles. The minimum atomic E-state index is -2.29. The van der Waals surface area contributed by atoms with Crippen LogP contribution in [0.5, 0.6) is 0 Å². The SMILES string of the molecule is [2H]C([2H])([2H])c1c[c-]c(-c2cc(-c3ccccc3)c(C([2H])([2H])[2H])cn2)cc1.[2H]C([2H])(c1ccccc1)c1ccc2c(n1)oc1c(-c3cc(C([2H])([2H])C(C)(C)C)ccn3)[c-]ccc12.[Ir]. The van der Waals surface area contributed by atoms with Gasteiger partial charge in [-0.15, -0.1) is 53.6 Å². The number of pyridine rings is 3. The summed E-state index contributed by atoms with van der Waals surface area (Å²) in [6.45, 7) is 1.14. The molecule has 0 atom stereocenters. The van der Waals surface area contributed by atoms with Gasteiger partial charge in [-0.05, 0) is 70.5 Å². The summed E-state index contributed by atoms with van der Waals surface area (Å²) in [4.78, 5) is 13.3. The Morgan fingerprint density at radius 1 is 0.769 bits per heavy atom. The minimum absolute atomic E-state index is 0. The number of benzene rings is 4. The average Bonchev–Trinajstić information content (AvgIpc) is 3.62. The maximum absolute atomic E-state index is 8.64. The molecule has 0 aliphatic rings. The first-order chi connectivity index (χ1) is 28.7. The molecule has 0 fully saturated rings. The van der Waals surface area contributed by atoms with Gasteiger partial charge in [0.05, 0.1) is 5.58 Å². The summed E-state index contributed by atoms with van der Waals surface area (Å²) in [5.74, 6) is 0. The van der Waals surface area contributed by atoms with E-state index in [1.807, 2.05) is 69.3 Å². The zero-order chi connectivity index (χ0) is 44.0. The molecule has 0 bridgehead atoms. The smallest absolute Gasteiger partial charge is 0.216 e. The van der Waals surface area contributed by atoms with Gasteiger partial charge in [0.1, 0.15) is 0 Å². The minimum Gasteiger partial charge on any atom is -0.486 e. The Morgan fingerprint density at radius 2 is 1.58 bits per heavy atom. The molecular weight excluding hydrogens is 815 g/mol. The maximum atomic E-state index is 8.64. The van der Waals surface area contributed by atoms with E-state index < -0.39 is 31.9 Å². The van der Waals surface area contributed by atoms with Crippen molar-refractivity contribution < 1.29 is 38.2 Å². The molecule has 8 rings (SSSR count). The third-order valence-corrected chi connectivity index (χ3v) is 7.96. The molecule has 0 saturated carbocycles. The molecule has 0 amide bonds. The molecule has 0 spiro atoms. The summed E-state index contributed by atoms with van der Waals surface area (Å²) in [5.41, 5.74) is 5.62. The fourth-order valence-corrected chi connectivity index (χ4v) is 5.67. The summed E-state index contributed by atoms with van der Waals surface area (Å²) in [6.07, 6.45) is -0.381. The number of nitrogens with zero attached hydrogens (tertiary/aromatic N) is 3. The van der Waals surface area contributed by atoms with Gasteiger partial charge in [-0.1, -0.05) is 117 Å². The largest absolute Gasteiger partial charge is 0.486 e. The van der Waals surface area contributed by atoms with Gasteiger partial charge < -0.3 is 14.4 Å². The van der Waals surface area contributed by atoms with Crippen molar-refractivity contribution in [1.82, 2.24) is 15.0 Å². The molecule has 52 heavy (non-hydrogen) atoms. The first-order valence-corrected chi connectivity index (χ1v) is 16.5. The van der Waals surface area contributed by atoms with Gasteiger partial charge in [-0.3, -0.25) is 0 Å². The maximum Gasteiger partial charge on any atom is 0.216 e. The van der Waals surface area contributed by atoms with Crippen LogP contribution in [0, 0.1) is 31.3 Å². The van der Waals surface area contributed by atoms with Crippen LogP contribution in [0.1, 0.15) is 62.4 Å². The molecule has 1 radical (unpaired) electrons.